The summed E-state index contributed by atoms with van der Waals surface area (Å²) in [5, 5.41) is 11.4. The molecular formula is C12H17NOS. The molecule has 1 aromatic heterocycles. The van der Waals surface area contributed by atoms with E-state index in [-0.39, 0.29) is 0 Å². The monoisotopic (exact) mass is 223 g/mol. The van der Waals surface area contributed by atoms with Crippen molar-refractivity contribution in [2.24, 2.45) is 5.92 Å². The van der Waals surface area contributed by atoms with E-state index in [1.54, 1.807) is 11.3 Å². The van der Waals surface area contributed by atoms with E-state index in [0.29, 0.717) is 12.3 Å². The zero-order valence-corrected chi connectivity index (χ0v) is 10.0. The minimum absolute atomic E-state index is 0.605. The Bertz CT molecular complexity index is 371. The summed E-state index contributed by atoms with van der Waals surface area (Å²) in [5.74, 6) is 0.605. The van der Waals surface area contributed by atoms with Crippen molar-refractivity contribution in [3.63, 3.8) is 0 Å². The molecule has 0 amide bonds. The van der Waals surface area contributed by atoms with Crippen LogP contribution in [0.2, 0.25) is 0 Å². The van der Waals surface area contributed by atoms with Crippen LogP contribution in [0.5, 0.6) is 0 Å². The van der Waals surface area contributed by atoms with Crippen LogP contribution in [-0.4, -0.2) is 15.7 Å². The topological polar surface area (TPSA) is 33.1 Å². The molecule has 2 unspecified atom stereocenters. The normalized spacial score (nSPS) is 30.7. The second kappa shape index (κ2) is 4.06. The fraction of sp³-hybridized carbons (Fsp3) is 0.583. The fourth-order valence-electron chi connectivity index (χ4n) is 1.94. The third-order valence-electron chi connectivity index (χ3n) is 2.92. The van der Waals surface area contributed by atoms with Crippen LogP contribution >= 0.6 is 11.3 Å². The third-order valence-corrected chi connectivity index (χ3v) is 3.83. The summed E-state index contributed by atoms with van der Waals surface area (Å²) >= 11 is 1.68. The second-order valence-corrected chi connectivity index (χ2v) is 5.82. The first-order valence-electron chi connectivity index (χ1n) is 5.40. The van der Waals surface area contributed by atoms with Gasteiger partial charge < -0.3 is 5.11 Å². The molecule has 2 atom stereocenters. The Kier molecular flexibility index (Phi) is 2.94. The summed E-state index contributed by atoms with van der Waals surface area (Å²) < 4.78 is 0. The Morgan fingerprint density at radius 3 is 3.00 bits per heavy atom. The number of allylic oxidation sites excluding steroid dienone is 1. The van der Waals surface area contributed by atoms with Gasteiger partial charge in [0.1, 0.15) is 0 Å². The van der Waals surface area contributed by atoms with Crippen LogP contribution in [0, 0.1) is 12.8 Å². The number of hydrogen-bond acceptors (Lipinski definition) is 3. The summed E-state index contributed by atoms with van der Waals surface area (Å²) in [6, 6.07) is 0. The number of rotatable bonds is 2. The molecule has 0 radical (unpaired) electrons. The van der Waals surface area contributed by atoms with Crippen molar-refractivity contribution >= 4 is 11.3 Å². The Labute approximate surface area is 94.7 Å². The highest BCUT2D eigenvalue weighted by atomic mass is 32.1. The van der Waals surface area contributed by atoms with Gasteiger partial charge in [0.15, 0.2) is 0 Å². The summed E-state index contributed by atoms with van der Waals surface area (Å²) in [6.07, 6.45) is 8.62. The van der Waals surface area contributed by atoms with Gasteiger partial charge in [-0.15, -0.1) is 11.3 Å². The molecule has 2 rings (SSSR count). The predicted molar refractivity (Wildman–Crippen MR) is 63.0 cm³/mol. The molecule has 1 aromatic rings. The van der Waals surface area contributed by atoms with Crippen molar-refractivity contribution in [3.05, 3.63) is 28.2 Å². The van der Waals surface area contributed by atoms with E-state index < -0.39 is 5.60 Å². The maximum absolute atomic E-state index is 10.3. The largest absolute Gasteiger partial charge is 0.385 e. The average Bonchev–Trinajstić information content (AvgIpc) is 2.57. The average molecular weight is 223 g/mol. The number of nitrogens with zero attached hydrogens (tertiary/aromatic N) is 1. The van der Waals surface area contributed by atoms with E-state index in [0.717, 1.165) is 17.8 Å². The van der Waals surface area contributed by atoms with Crippen LogP contribution in [0.1, 0.15) is 29.7 Å². The van der Waals surface area contributed by atoms with Crippen molar-refractivity contribution < 1.29 is 5.11 Å². The number of aromatic nitrogens is 1. The Morgan fingerprint density at radius 1 is 1.67 bits per heavy atom. The summed E-state index contributed by atoms with van der Waals surface area (Å²) in [7, 11) is 0. The van der Waals surface area contributed by atoms with Crippen LogP contribution in [0.4, 0.5) is 0 Å². The van der Waals surface area contributed by atoms with E-state index in [1.165, 1.54) is 4.88 Å². The lowest BCUT2D eigenvalue weighted by Crippen LogP contribution is -2.31. The molecule has 1 N–H and O–H groups in total. The molecule has 1 aliphatic rings. The van der Waals surface area contributed by atoms with Gasteiger partial charge in [0.05, 0.1) is 10.6 Å². The molecule has 82 valence electrons. The molecule has 1 heterocycles. The van der Waals surface area contributed by atoms with Crippen molar-refractivity contribution in [1.29, 1.82) is 0 Å². The quantitative estimate of drug-likeness (QED) is 0.782. The van der Waals surface area contributed by atoms with Gasteiger partial charge in [-0.3, -0.25) is 0 Å². The Hall–Kier alpha value is -0.670. The number of aryl methyl sites for hydroxylation is 1. The van der Waals surface area contributed by atoms with Crippen molar-refractivity contribution in [1.82, 2.24) is 4.98 Å². The maximum atomic E-state index is 10.3. The number of hydrogen-bond donors (Lipinski definition) is 1. The molecule has 2 nitrogen and oxygen atoms in total. The van der Waals surface area contributed by atoms with E-state index in [1.807, 2.05) is 19.2 Å². The lowest BCUT2D eigenvalue weighted by molar-refractivity contribution is 0.0708. The number of thiazole rings is 1. The zero-order chi connectivity index (χ0) is 10.9. The molecule has 0 saturated carbocycles. The molecule has 0 bridgehead atoms. The van der Waals surface area contributed by atoms with E-state index >= 15 is 0 Å². The molecule has 3 heteroatoms. The van der Waals surface area contributed by atoms with Crippen molar-refractivity contribution in [3.8, 4) is 0 Å². The maximum Gasteiger partial charge on any atom is 0.0896 e. The van der Waals surface area contributed by atoms with Gasteiger partial charge in [0.25, 0.3) is 0 Å². The molecule has 0 saturated heterocycles. The lowest BCUT2D eigenvalue weighted by Gasteiger charge is -2.29. The first kappa shape index (κ1) is 10.8. The Balaban J connectivity index is 2.08. The molecule has 0 aliphatic heterocycles. The zero-order valence-electron chi connectivity index (χ0n) is 9.23. The summed E-state index contributed by atoms with van der Waals surface area (Å²) in [4.78, 5) is 5.39. The molecule has 0 fully saturated rings. The van der Waals surface area contributed by atoms with Crippen LogP contribution < -0.4 is 0 Å². The minimum Gasteiger partial charge on any atom is -0.385 e. The van der Waals surface area contributed by atoms with Gasteiger partial charge in [0.2, 0.25) is 0 Å². The standard InChI is InChI=1S/C12H17NOS/c1-9-3-5-12(14,6-4-9)7-11-8-13-10(2)15-11/h3,5,8-9,14H,4,6-7H2,1-2H3. The molecule has 0 spiro atoms. The van der Waals surface area contributed by atoms with Gasteiger partial charge >= 0.3 is 0 Å². The van der Waals surface area contributed by atoms with Gasteiger partial charge in [0, 0.05) is 17.5 Å². The van der Waals surface area contributed by atoms with E-state index in [2.05, 4.69) is 18.0 Å². The predicted octanol–water partition coefficient (Wildman–Crippen LogP) is 2.71. The van der Waals surface area contributed by atoms with Crippen molar-refractivity contribution in [2.75, 3.05) is 0 Å². The lowest BCUT2D eigenvalue weighted by atomic mass is 9.84. The number of aliphatic hydroxyl groups is 1. The summed E-state index contributed by atoms with van der Waals surface area (Å²) in [6.45, 7) is 4.18. The second-order valence-electron chi connectivity index (χ2n) is 4.50. The van der Waals surface area contributed by atoms with Gasteiger partial charge in [-0.25, -0.2) is 4.98 Å². The highest BCUT2D eigenvalue weighted by Crippen LogP contribution is 2.30. The van der Waals surface area contributed by atoms with Gasteiger partial charge in [-0.2, -0.15) is 0 Å². The van der Waals surface area contributed by atoms with Crippen LogP contribution in [0.25, 0.3) is 0 Å². The molecule has 15 heavy (non-hydrogen) atoms. The van der Waals surface area contributed by atoms with Crippen LogP contribution in [0.15, 0.2) is 18.3 Å². The van der Waals surface area contributed by atoms with Gasteiger partial charge in [-0.1, -0.05) is 19.1 Å². The summed E-state index contributed by atoms with van der Waals surface area (Å²) in [5.41, 5.74) is -0.633. The molecule has 1 aliphatic carbocycles. The van der Waals surface area contributed by atoms with E-state index in [4.69, 9.17) is 0 Å². The van der Waals surface area contributed by atoms with Crippen molar-refractivity contribution in [2.45, 2.75) is 38.7 Å². The third kappa shape index (κ3) is 2.67. The smallest absolute Gasteiger partial charge is 0.0896 e. The SMILES string of the molecule is Cc1ncc(CC2(O)C=CC(C)CC2)s1. The highest BCUT2D eigenvalue weighted by molar-refractivity contribution is 7.11. The van der Waals surface area contributed by atoms with Crippen LogP contribution in [0.3, 0.4) is 0 Å². The highest BCUT2D eigenvalue weighted by Gasteiger charge is 2.28. The Morgan fingerprint density at radius 2 is 2.47 bits per heavy atom. The first-order valence-corrected chi connectivity index (χ1v) is 6.22. The fourth-order valence-corrected chi connectivity index (χ4v) is 2.85. The van der Waals surface area contributed by atoms with Crippen LogP contribution in [-0.2, 0) is 6.42 Å². The minimum atomic E-state index is -0.633. The molecule has 0 aromatic carbocycles. The van der Waals surface area contributed by atoms with Gasteiger partial charge in [-0.05, 0) is 25.7 Å². The van der Waals surface area contributed by atoms with E-state index in [9.17, 15) is 5.11 Å². The first-order chi connectivity index (χ1) is 7.07. The molecular weight excluding hydrogens is 206 g/mol.